The molecule has 5 rings (SSSR count). The fourth-order valence-electron chi connectivity index (χ4n) is 4.66. The Balaban J connectivity index is 1.51. The van der Waals surface area contributed by atoms with Crippen molar-refractivity contribution in [2.24, 2.45) is 0 Å². The van der Waals surface area contributed by atoms with Crippen molar-refractivity contribution in [3.63, 3.8) is 0 Å². The number of benzene rings is 1. The molecular formula is C26H29N7OS. The summed E-state index contributed by atoms with van der Waals surface area (Å²) < 4.78 is 1.73. The van der Waals surface area contributed by atoms with E-state index in [2.05, 4.69) is 34.0 Å². The maximum absolute atomic E-state index is 12.8. The highest BCUT2D eigenvalue weighted by atomic mass is 32.2. The minimum Gasteiger partial charge on any atom is -0.383 e. The van der Waals surface area contributed by atoms with Gasteiger partial charge in [-0.2, -0.15) is 9.61 Å². The molecule has 1 saturated heterocycles. The average molecular weight is 488 g/mol. The number of nitrogens with zero attached hydrogens (tertiary/aromatic N) is 6. The third kappa shape index (κ3) is 4.10. The van der Waals surface area contributed by atoms with Gasteiger partial charge in [0.1, 0.15) is 11.6 Å². The van der Waals surface area contributed by atoms with Gasteiger partial charge in [-0.25, -0.2) is 4.98 Å². The second kappa shape index (κ2) is 9.58. The molecule has 0 bridgehead atoms. The number of thioether (sulfide) groups is 1. The molecule has 0 atom stereocenters. The van der Waals surface area contributed by atoms with E-state index in [0.29, 0.717) is 37.6 Å². The van der Waals surface area contributed by atoms with Crippen LogP contribution in [0.1, 0.15) is 19.4 Å². The zero-order chi connectivity index (χ0) is 24.5. The van der Waals surface area contributed by atoms with E-state index in [1.807, 2.05) is 54.7 Å². The quantitative estimate of drug-likeness (QED) is 0.425. The van der Waals surface area contributed by atoms with Crippen molar-refractivity contribution < 1.29 is 4.79 Å². The fraction of sp³-hybridized carbons (Fsp3) is 0.308. The van der Waals surface area contributed by atoms with E-state index in [9.17, 15) is 4.79 Å². The molecule has 1 fully saturated rings. The Hall–Kier alpha value is -3.59. The molecule has 1 amide bonds. The molecule has 0 saturated carbocycles. The number of amides is 1. The maximum Gasteiger partial charge on any atom is 0.260 e. The van der Waals surface area contributed by atoms with Crippen LogP contribution < -0.4 is 10.6 Å². The summed E-state index contributed by atoms with van der Waals surface area (Å²) in [6.45, 7) is 6.68. The lowest BCUT2D eigenvalue weighted by atomic mass is 10.1. The summed E-state index contributed by atoms with van der Waals surface area (Å²) >= 11 is 1.49. The van der Waals surface area contributed by atoms with Crippen LogP contribution >= 0.6 is 11.8 Å². The van der Waals surface area contributed by atoms with Gasteiger partial charge in [0, 0.05) is 54.5 Å². The molecule has 35 heavy (non-hydrogen) atoms. The van der Waals surface area contributed by atoms with Gasteiger partial charge in [0.15, 0.2) is 5.65 Å². The molecule has 180 valence electrons. The van der Waals surface area contributed by atoms with E-state index in [4.69, 9.17) is 10.7 Å². The fourth-order valence-corrected chi connectivity index (χ4v) is 5.20. The Morgan fingerprint density at radius 1 is 1.17 bits per heavy atom. The van der Waals surface area contributed by atoms with E-state index < -0.39 is 0 Å². The number of anilines is 2. The van der Waals surface area contributed by atoms with Crippen molar-refractivity contribution in [1.29, 1.82) is 0 Å². The Morgan fingerprint density at radius 3 is 2.66 bits per heavy atom. The van der Waals surface area contributed by atoms with Gasteiger partial charge in [0.25, 0.3) is 5.91 Å². The molecule has 0 unspecified atom stereocenters. The second-order valence-corrected chi connectivity index (χ2v) is 9.35. The van der Waals surface area contributed by atoms with Crippen LogP contribution in [0.5, 0.6) is 0 Å². The highest BCUT2D eigenvalue weighted by Gasteiger charge is 2.27. The normalized spacial score (nSPS) is 14.8. The van der Waals surface area contributed by atoms with Gasteiger partial charge < -0.3 is 15.5 Å². The SMILES string of the molecule is C/C=C(\SC)C(=O)N1CCN(c2nc3c(-c4cnc5ccccc5c4)cnn3c(N)c2CC)CC1. The largest absolute Gasteiger partial charge is 0.383 e. The minimum absolute atomic E-state index is 0.0974. The van der Waals surface area contributed by atoms with Crippen LogP contribution in [0.2, 0.25) is 0 Å². The van der Waals surface area contributed by atoms with Crippen molar-refractivity contribution in [1.82, 2.24) is 24.5 Å². The van der Waals surface area contributed by atoms with Crippen molar-refractivity contribution >= 4 is 45.9 Å². The van der Waals surface area contributed by atoms with Crippen molar-refractivity contribution in [3.05, 3.63) is 59.3 Å². The van der Waals surface area contributed by atoms with Crippen LogP contribution in [0.4, 0.5) is 11.6 Å². The number of rotatable bonds is 5. The van der Waals surface area contributed by atoms with Crippen molar-refractivity contribution in [2.45, 2.75) is 20.3 Å². The molecule has 1 aromatic carbocycles. The van der Waals surface area contributed by atoms with Crippen LogP contribution in [-0.2, 0) is 11.2 Å². The van der Waals surface area contributed by atoms with Gasteiger partial charge in [-0.3, -0.25) is 9.78 Å². The molecule has 1 aliphatic heterocycles. The number of aromatic nitrogens is 4. The number of allylic oxidation sites excluding steroid dienone is 1. The minimum atomic E-state index is 0.0974. The van der Waals surface area contributed by atoms with Crippen LogP contribution in [0.15, 0.2) is 53.7 Å². The molecule has 0 radical (unpaired) electrons. The number of carbonyl (C=O) groups excluding carboxylic acids is 1. The predicted octanol–water partition coefficient (Wildman–Crippen LogP) is 4.00. The van der Waals surface area contributed by atoms with Crippen LogP contribution in [0.25, 0.3) is 27.7 Å². The third-order valence-corrected chi connectivity index (χ3v) is 7.43. The summed E-state index contributed by atoms with van der Waals surface area (Å²) in [5, 5.41) is 5.63. The van der Waals surface area contributed by atoms with Crippen LogP contribution in [0.3, 0.4) is 0 Å². The standard InChI is InChI=1S/C26H29N7OS/c1-4-19-23(27)33-25(20(16-29-33)18-14-17-8-6-7-9-21(17)28-15-18)30-24(19)31-10-12-32(13-11-31)26(34)22(5-2)35-3/h5-9,14-16H,4,10-13,27H2,1-3H3/b22-5-. The number of nitrogens with two attached hydrogens (primary N) is 1. The maximum atomic E-state index is 12.8. The first-order valence-electron chi connectivity index (χ1n) is 11.8. The molecular weight excluding hydrogens is 458 g/mol. The lowest BCUT2D eigenvalue weighted by molar-refractivity contribution is -0.126. The van der Waals surface area contributed by atoms with Gasteiger partial charge in [-0.15, -0.1) is 11.8 Å². The lowest BCUT2D eigenvalue weighted by Crippen LogP contribution is -2.49. The van der Waals surface area contributed by atoms with Crippen LogP contribution in [0, 0.1) is 0 Å². The topological polar surface area (TPSA) is 92.7 Å². The van der Waals surface area contributed by atoms with Crippen molar-refractivity contribution in [2.75, 3.05) is 43.1 Å². The first-order chi connectivity index (χ1) is 17.0. The number of piperazine rings is 1. The molecule has 0 aliphatic carbocycles. The predicted molar refractivity (Wildman–Crippen MR) is 144 cm³/mol. The molecule has 1 aliphatic rings. The van der Waals surface area contributed by atoms with Gasteiger partial charge >= 0.3 is 0 Å². The summed E-state index contributed by atoms with van der Waals surface area (Å²) in [5.41, 5.74) is 11.1. The molecule has 8 nitrogen and oxygen atoms in total. The third-order valence-electron chi connectivity index (χ3n) is 6.58. The highest BCUT2D eigenvalue weighted by Crippen LogP contribution is 2.32. The van der Waals surface area contributed by atoms with E-state index in [1.54, 1.807) is 4.52 Å². The van der Waals surface area contributed by atoms with E-state index in [-0.39, 0.29) is 5.91 Å². The van der Waals surface area contributed by atoms with E-state index in [1.165, 1.54) is 11.8 Å². The molecule has 4 heterocycles. The Bertz CT molecular complexity index is 1440. The zero-order valence-corrected chi connectivity index (χ0v) is 21.0. The first kappa shape index (κ1) is 23.2. The number of para-hydroxylation sites is 1. The Kier molecular flexibility index (Phi) is 6.34. The van der Waals surface area contributed by atoms with Gasteiger partial charge in [-0.05, 0) is 31.7 Å². The summed E-state index contributed by atoms with van der Waals surface area (Å²) in [6.07, 6.45) is 8.23. The Morgan fingerprint density at radius 2 is 1.94 bits per heavy atom. The van der Waals surface area contributed by atoms with E-state index in [0.717, 1.165) is 44.7 Å². The van der Waals surface area contributed by atoms with Gasteiger partial charge in [0.2, 0.25) is 0 Å². The summed E-state index contributed by atoms with van der Waals surface area (Å²) in [4.78, 5) is 27.4. The highest BCUT2D eigenvalue weighted by molar-refractivity contribution is 8.03. The average Bonchev–Trinajstić information content (AvgIpc) is 3.33. The molecule has 0 spiro atoms. The number of hydrogen-bond donors (Lipinski definition) is 1. The Labute approximate surface area is 208 Å². The molecule has 9 heteroatoms. The summed E-state index contributed by atoms with van der Waals surface area (Å²) in [6, 6.07) is 10.2. The van der Waals surface area contributed by atoms with E-state index >= 15 is 0 Å². The zero-order valence-electron chi connectivity index (χ0n) is 20.2. The lowest BCUT2D eigenvalue weighted by Gasteiger charge is -2.36. The van der Waals surface area contributed by atoms with Crippen LogP contribution in [-0.4, -0.2) is 62.8 Å². The number of hydrogen-bond acceptors (Lipinski definition) is 7. The number of pyridine rings is 1. The second-order valence-electron chi connectivity index (χ2n) is 8.50. The molecule has 3 aromatic heterocycles. The number of fused-ring (bicyclic) bond motifs is 2. The van der Waals surface area contributed by atoms with Crippen molar-refractivity contribution in [3.8, 4) is 11.1 Å². The number of nitrogen functional groups attached to an aromatic ring is 1. The van der Waals surface area contributed by atoms with Gasteiger partial charge in [0.05, 0.1) is 16.6 Å². The summed E-state index contributed by atoms with van der Waals surface area (Å²) in [5.74, 6) is 1.57. The number of carbonyl (C=O) groups is 1. The summed E-state index contributed by atoms with van der Waals surface area (Å²) in [7, 11) is 0. The molecule has 2 N–H and O–H groups in total. The smallest absolute Gasteiger partial charge is 0.260 e. The molecule has 4 aromatic rings. The monoisotopic (exact) mass is 487 g/mol. The first-order valence-corrected chi connectivity index (χ1v) is 13.0. The van der Waals surface area contributed by atoms with Gasteiger partial charge in [-0.1, -0.05) is 31.2 Å².